The van der Waals surface area contributed by atoms with Gasteiger partial charge in [-0.3, -0.25) is 10.1 Å². The van der Waals surface area contributed by atoms with Gasteiger partial charge in [0.05, 0.1) is 11.0 Å². The van der Waals surface area contributed by atoms with Crippen LogP contribution in [-0.4, -0.2) is 24.1 Å². The van der Waals surface area contributed by atoms with Crippen LogP contribution < -0.4 is 10.1 Å². The van der Waals surface area contributed by atoms with Gasteiger partial charge in [-0.1, -0.05) is 13.8 Å². The topological polar surface area (TPSA) is 64.4 Å². The first-order valence-electron chi connectivity index (χ1n) is 5.62. The summed E-state index contributed by atoms with van der Waals surface area (Å²) in [5.74, 6) is 0.535. The summed E-state index contributed by atoms with van der Waals surface area (Å²) in [6.45, 7) is 7.04. The summed E-state index contributed by atoms with van der Waals surface area (Å²) in [6.07, 6.45) is 0. The summed E-state index contributed by atoms with van der Waals surface area (Å²) in [6, 6.07) is 5.32. The number of hydrogen-bond acceptors (Lipinski definition) is 4. The number of nitrogens with one attached hydrogen (secondary N) is 1. The molecule has 0 saturated carbocycles. The Morgan fingerprint density at radius 2 is 2.18 bits per heavy atom. The highest BCUT2D eigenvalue weighted by Gasteiger charge is 2.11. The normalized spacial score (nSPS) is 10.6. The molecule has 0 aromatic heterocycles. The third-order valence-electron chi connectivity index (χ3n) is 2.30. The Bertz CT molecular complexity index is 391. The van der Waals surface area contributed by atoms with Crippen molar-refractivity contribution in [3.8, 4) is 5.75 Å². The lowest BCUT2D eigenvalue weighted by Crippen LogP contribution is -2.27. The molecule has 0 fully saturated rings. The molecule has 0 spiro atoms. The van der Waals surface area contributed by atoms with E-state index >= 15 is 0 Å². The zero-order valence-corrected chi connectivity index (χ0v) is 10.4. The summed E-state index contributed by atoms with van der Waals surface area (Å²) < 4.78 is 5.44. The molecule has 1 aromatic carbocycles. The van der Waals surface area contributed by atoms with Gasteiger partial charge in [-0.05, 0) is 19.1 Å². The lowest BCUT2D eigenvalue weighted by Gasteiger charge is -2.09. The van der Waals surface area contributed by atoms with Crippen molar-refractivity contribution >= 4 is 5.69 Å². The fourth-order valence-electron chi connectivity index (χ4n) is 1.39. The summed E-state index contributed by atoms with van der Waals surface area (Å²) in [7, 11) is 0. The number of nitro groups is 1. The molecule has 0 aliphatic heterocycles. The zero-order chi connectivity index (χ0) is 12.8. The zero-order valence-electron chi connectivity index (χ0n) is 10.4. The van der Waals surface area contributed by atoms with Crippen LogP contribution >= 0.6 is 0 Å². The van der Waals surface area contributed by atoms with Crippen molar-refractivity contribution in [2.45, 2.75) is 26.8 Å². The molecule has 0 heterocycles. The first-order valence-corrected chi connectivity index (χ1v) is 5.62. The molecule has 1 rings (SSSR count). The van der Waals surface area contributed by atoms with Crippen molar-refractivity contribution in [1.29, 1.82) is 0 Å². The molecule has 0 saturated heterocycles. The number of aryl methyl sites for hydroxylation is 1. The molecule has 5 heteroatoms. The predicted octanol–water partition coefficient (Wildman–Crippen LogP) is 2.28. The standard InChI is InChI=1S/C12H18N2O3/c1-9(2)13-6-7-17-11-5-4-10(3)12(8-11)14(15)16/h4-5,8-9,13H,6-7H2,1-3H3. The van der Waals surface area contributed by atoms with E-state index in [9.17, 15) is 10.1 Å². The summed E-state index contributed by atoms with van der Waals surface area (Å²) in [5, 5.41) is 13.9. The first kappa shape index (κ1) is 13.4. The Balaban J connectivity index is 2.54. The minimum atomic E-state index is -0.394. The maximum atomic E-state index is 10.7. The van der Waals surface area contributed by atoms with Crippen LogP contribution in [0.25, 0.3) is 0 Å². The van der Waals surface area contributed by atoms with E-state index in [0.29, 0.717) is 24.0 Å². The van der Waals surface area contributed by atoms with Gasteiger partial charge in [0.1, 0.15) is 12.4 Å². The van der Waals surface area contributed by atoms with Gasteiger partial charge in [-0.25, -0.2) is 0 Å². The van der Waals surface area contributed by atoms with Crippen LogP contribution in [0, 0.1) is 17.0 Å². The van der Waals surface area contributed by atoms with Gasteiger partial charge in [0.15, 0.2) is 0 Å². The molecule has 0 bridgehead atoms. The average molecular weight is 238 g/mol. The highest BCUT2D eigenvalue weighted by atomic mass is 16.6. The van der Waals surface area contributed by atoms with Crippen LogP contribution in [0.2, 0.25) is 0 Å². The van der Waals surface area contributed by atoms with E-state index in [1.54, 1.807) is 19.1 Å². The SMILES string of the molecule is Cc1ccc(OCCNC(C)C)cc1[N+](=O)[O-]. The fourth-order valence-corrected chi connectivity index (χ4v) is 1.39. The monoisotopic (exact) mass is 238 g/mol. The minimum absolute atomic E-state index is 0.0966. The van der Waals surface area contributed by atoms with Gasteiger partial charge < -0.3 is 10.1 Å². The van der Waals surface area contributed by atoms with Crippen molar-refractivity contribution in [2.75, 3.05) is 13.2 Å². The number of benzene rings is 1. The second kappa shape index (κ2) is 6.20. The molecule has 0 amide bonds. The minimum Gasteiger partial charge on any atom is -0.492 e. The molecular formula is C12H18N2O3. The molecule has 17 heavy (non-hydrogen) atoms. The first-order chi connectivity index (χ1) is 8.00. The van der Waals surface area contributed by atoms with E-state index in [1.807, 2.05) is 0 Å². The largest absolute Gasteiger partial charge is 0.492 e. The number of nitro benzene ring substituents is 1. The molecule has 5 nitrogen and oxygen atoms in total. The summed E-state index contributed by atoms with van der Waals surface area (Å²) >= 11 is 0. The molecule has 0 radical (unpaired) electrons. The molecule has 0 atom stereocenters. The van der Waals surface area contributed by atoms with E-state index in [0.717, 1.165) is 6.54 Å². The predicted molar refractivity (Wildman–Crippen MR) is 66.5 cm³/mol. The maximum absolute atomic E-state index is 10.7. The molecule has 0 aliphatic carbocycles. The highest BCUT2D eigenvalue weighted by molar-refractivity contribution is 5.45. The smallest absolute Gasteiger partial charge is 0.276 e. The van der Waals surface area contributed by atoms with E-state index in [2.05, 4.69) is 19.2 Å². The van der Waals surface area contributed by atoms with Crippen LogP contribution in [0.15, 0.2) is 18.2 Å². The van der Waals surface area contributed by atoms with E-state index in [1.165, 1.54) is 6.07 Å². The fraction of sp³-hybridized carbons (Fsp3) is 0.500. The summed E-state index contributed by atoms with van der Waals surface area (Å²) in [5.41, 5.74) is 0.738. The molecular weight excluding hydrogens is 220 g/mol. The third kappa shape index (κ3) is 4.40. The Labute approximate surface area is 101 Å². The Morgan fingerprint density at radius 3 is 2.76 bits per heavy atom. The third-order valence-corrected chi connectivity index (χ3v) is 2.30. The van der Waals surface area contributed by atoms with Crippen LogP contribution in [0.4, 0.5) is 5.69 Å². The van der Waals surface area contributed by atoms with Crippen LogP contribution in [-0.2, 0) is 0 Å². The van der Waals surface area contributed by atoms with Crippen LogP contribution in [0.5, 0.6) is 5.75 Å². The highest BCUT2D eigenvalue weighted by Crippen LogP contribution is 2.23. The van der Waals surface area contributed by atoms with Crippen molar-refractivity contribution < 1.29 is 9.66 Å². The number of rotatable bonds is 6. The van der Waals surface area contributed by atoms with Crippen molar-refractivity contribution in [2.24, 2.45) is 0 Å². The molecule has 94 valence electrons. The van der Waals surface area contributed by atoms with Gasteiger partial charge in [0.2, 0.25) is 0 Å². The van der Waals surface area contributed by atoms with Crippen molar-refractivity contribution in [3.63, 3.8) is 0 Å². The Morgan fingerprint density at radius 1 is 1.47 bits per heavy atom. The number of hydrogen-bond donors (Lipinski definition) is 1. The molecule has 0 unspecified atom stereocenters. The van der Waals surface area contributed by atoms with E-state index in [-0.39, 0.29) is 5.69 Å². The molecule has 1 N–H and O–H groups in total. The van der Waals surface area contributed by atoms with Gasteiger partial charge >= 0.3 is 0 Å². The second-order valence-corrected chi connectivity index (χ2v) is 4.16. The van der Waals surface area contributed by atoms with E-state index < -0.39 is 4.92 Å². The molecule has 1 aromatic rings. The van der Waals surface area contributed by atoms with Crippen molar-refractivity contribution in [1.82, 2.24) is 5.32 Å². The van der Waals surface area contributed by atoms with Gasteiger partial charge in [-0.2, -0.15) is 0 Å². The lowest BCUT2D eigenvalue weighted by atomic mass is 10.2. The second-order valence-electron chi connectivity index (χ2n) is 4.16. The van der Waals surface area contributed by atoms with Gasteiger partial charge in [0, 0.05) is 18.2 Å². The van der Waals surface area contributed by atoms with Gasteiger partial charge in [-0.15, -0.1) is 0 Å². The van der Waals surface area contributed by atoms with Crippen molar-refractivity contribution in [3.05, 3.63) is 33.9 Å². The molecule has 0 aliphatic rings. The summed E-state index contributed by atoms with van der Waals surface area (Å²) in [4.78, 5) is 10.3. The lowest BCUT2D eigenvalue weighted by molar-refractivity contribution is -0.385. The average Bonchev–Trinajstić information content (AvgIpc) is 2.25. The maximum Gasteiger partial charge on any atom is 0.276 e. The van der Waals surface area contributed by atoms with Crippen LogP contribution in [0.3, 0.4) is 0 Å². The quantitative estimate of drug-likeness (QED) is 0.469. The Kier molecular flexibility index (Phi) is 4.90. The number of ether oxygens (including phenoxy) is 1. The number of nitrogens with zero attached hydrogens (tertiary/aromatic N) is 1. The Hall–Kier alpha value is -1.62. The van der Waals surface area contributed by atoms with E-state index in [4.69, 9.17) is 4.74 Å². The van der Waals surface area contributed by atoms with Gasteiger partial charge in [0.25, 0.3) is 5.69 Å². The van der Waals surface area contributed by atoms with Crippen LogP contribution in [0.1, 0.15) is 19.4 Å².